The van der Waals surface area contributed by atoms with E-state index in [1.54, 1.807) is 30.3 Å². The topological polar surface area (TPSA) is 45.1 Å². The van der Waals surface area contributed by atoms with Crippen molar-refractivity contribution in [1.29, 1.82) is 0 Å². The lowest BCUT2D eigenvalue weighted by Crippen LogP contribution is -2.49. The zero-order valence-electron chi connectivity index (χ0n) is 13.8. The second-order valence-corrected chi connectivity index (χ2v) is 6.04. The van der Waals surface area contributed by atoms with E-state index in [9.17, 15) is 4.79 Å². The Morgan fingerprint density at radius 1 is 1.52 bits per heavy atom. The highest BCUT2D eigenvalue weighted by Gasteiger charge is 2.40. The molecule has 0 aromatic heterocycles. The van der Waals surface area contributed by atoms with Gasteiger partial charge in [0.1, 0.15) is 5.72 Å². The third-order valence-corrected chi connectivity index (χ3v) is 4.37. The van der Waals surface area contributed by atoms with E-state index in [4.69, 9.17) is 16.3 Å². The van der Waals surface area contributed by atoms with Gasteiger partial charge in [0.15, 0.2) is 0 Å². The van der Waals surface area contributed by atoms with Crippen molar-refractivity contribution < 1.29 is 9.53 Å². The highest BCUT2D eigenvalue weighted by atomic mass is 35.5. The van der Waals surface area contributed by atoms with Crippen LogP contribution < -0.4 is 0 Å². The molecule has 0 N–H and O–H groups in total. The van der Waals surface area contributed by atoms with Crippen LogP contribution in [0, 0.1) is 0 Å². The van der Waals surface area contributed by atoms with Crippen molar-refractivity contribution in [3.8, 4) is 0 Å². The number of halogens is 1. The van der Waals surface area contributed by atoms with E-state index < -0.39 is 5.72 Å². The average Bonchev–Trinajstić information content (AvgIpc) is 2.95. The summed E-state index contributed by atoms with van der Waals surface area (Å²) in [5.41, 5.74) is 0.900. The molecule has 0 radical (unpaired) electrons. The van der Waals surface area contributed by atoms with Gasteiger partial charge in [0.2, 0.25) is 0 Å². The van der Waals surface area contributed by atoms with Crippen LogP contribution in [0.2, 0.25) is 5.02 Å². The van der Waals surface area contributed by atoms with Crippen LogP contribution in [-0.2, 0) is 4.74 Å². The molecule has 124 valence electrons. The first-order valence-corrected chi connectivity index (χ1v) is 7.92. The quantitative estimate of drug-likeness (QED) is 0.784. The van der Waals surface area contributed by atoms with E-state index in [1.807, 2.05) is 26.0 Å². The Bertz CT molecular complexity index is 615. The number of hydrogen-bond acceptors (Lipinski definition) is 3. The maximum Gasteiger partial charge on any atom is 0.326 e. The van der Waals surface area contributed by atoms with Crippen LogP contribution in [0.25, 0.3) is 5.70 Å². The van der Waals surface area contributed by atoms with Gasteiger partial charge in [-0.05, 0) is 32.2 Å². The second kappa shape index (κ2) is 7.15. The van der Waals surface area contributed by atoms with Crippen molar-refractivity contribution in [1.82, 2.24) is 9.80 Å². The van der Waals surface area contributed by atoms with Crippen LogP contribution in [0.15, 0.2) is 35.5 Å². The van der Waals surface area contributed by atoms with Gasteiger partial charge in [0.25, 0.3) is 0 Å². The summed E-state index contributed by atoms with van der Waals surface area (Å²) in [7, 11) is 1.71. The number of benzene rings is 1. The Morgan fingerprint density at radius 2 is 2.17 bits per heavy atom. The third kappa shape index (κ3) is 3.74. The SMILES string of the molecule is C=NC(=CN(C)C(=O)N1CCOC1(C)CC)c1ccc(Cl)cc1. The smallest absolute Gasteiger partial charge is 0.326 e. The molecular formula is C17H22ClN3O2. The monoisotopic (exact) mass is 335 g/mol. The maximum absolute atomic E-state index is 12.7. The standard InChI is InChI=1S/C17H22ClN3O2/c1-5-17(2)21(10-11-23-17)16(22)20(4)12-15(19-3)13-6-8-14(18)9-7-13/h6-9,12H,3,5,10-11H2,1-2,4H3. The summed E-state index contributed by atoms with van der Waals surface area (Å²) >= 11 is 5.90. The molecule has 1 aliphatic heterocycles. The summed E-state index contributed by atoms with van der Waals surface area (Å²) < 4.78 is 5.71. The molecule has 1 saturated heterocycles. The molecule has 1 aliphatic rings. The zero-order valence-corrected chi connectivity index (χ0v) is 14.5. The highest BCUT2D eigenvalue weighted by Crippen LogP contribution is 2.28. The Balaban J connectivity index is 2.21. The van der Waals surface area contributed by atoms with Gasteiger partial charge in [-0.3, -0.25) is 9.89 Å². The van der Waals surface area contributed by atoms with Gasteiger partial charge >= 0.3 is 6.03 Å². The summed E-state index contributed by atoms with van der Waals surface area (Å²) in [4.78, 5) is 20.0. The first-order valence-electron chi connectivity index (χ1n) is 7.54. The number of amides is 2. The molecule has 2 rings (SSSR count). The van der Waals surface area contributed by atoms with Crippen molar-refractivity contribution in [2.24, 2.45) is 4.99 Å². The van der Waals surface area contributed by atoms with E-state index in [2.05, 4.69) is 11.7 Å². The Labute approximate surface area is 142 Å². The minimum absolute atomic E-state index is 0.123. The van der Waals surface area contributed by atoms with Gasteiger partial charge in [-0.25, -0.2) is 4.79 Å². The van der Waals surface area contributed by atoms with E-state index in [-0.39, 0.29) is 6.03 Å². The van der Waals surface area contributed by atoms with E-state index in [0.29, 0.717) is 23.9 Å². The summed E-state index contributed by atoms with van der Waals surface area (Å²) in [6.07, 6.45) is 2.41. The Hall–Kier alpha value is -1.85. The molecular weight excluding hydrogens is 314 g/mol. The van der Waals surface area contributed by atoms with Crippen LogP contribution in [0.5, 0.6) is 0 Å². The van der Waals surface area contributed by atoms with Gasteiger partial charge in [-0.2, -0.15) is 0 Å². The minimum atomic E-state index is -0.554. The molecule has 1 fully saturated rings. The zero-order chi connectivity index (χ0) is 17.0. The van der Waals surface area contributed by atoms with Gasteiger partial charge < -0.3 is 9.64 Å². The van der Waals surface area contributed by atoms with E-state index >= 15 is 0 Å². The summed E-state index contributed by atoms with van der Waals surface area (Å²) in [5.74, 6) is 0. The molecule has 6 heteroatoms. The van der Waals surface area contributed by atoms with Gasteiger partial charge in [-0.15, -0.1) is 0 Å². The van der Waals surface area contributed by atoms with Crippen molar-refractivity contribution >= 4 is 30.0 Å². The lowest BCUT2D eigenvalue weighted by molar-refractivity contribution is -0.0528. The largest absolute Gasteiger partial charge is 0.354 e. The number of carbonyl (C=O) groups excluding carboxylic acids is 1. The minimum Gasteiger partial charge on any atom is -0.354 e. The van der Waals surface area contributed by atoms with E-state index in [0.717, 1.165) is 12.0 Å². The van der Waals surface area contributed by atoms with Crippen molar-refractivity contribution in [2.75, 3.05) is 20.2 Å². The summed E-state index contributed by atoms with van der Waals surface area (Å²) in [6, 6.07) is 7.12. The first-order chi connectivity index (χ1) is 10.9. The molecule has 1 heterocycles. The fourth-order valence-corrected chi connectivity index (χ4v) is 2.64. The molecule has 2 amide bonds. The molecule has 5 nitrogen and oxygen atoms in total. The lowest BCUT2D eigenvalue weighted by atomic mass is 10.1. The van der Waals surface area contributed by atoms with Crippen molar-refractivity contribution in [2.45, 2.75) is 26.0 Å². The van der Waals surface area contributed by atoms with Crippen molar-refractivity contribution in [3.05, 3.63) is 41.1 Å². The van der Waals surface area contributed by atoms with Gasteiger partial charge in [-0.1, -0.05) is 30.7 Å². The number of nitrogens with zero attached hydrogens (tertiary/aromatic N) is 3. The number of aliphatic imine (C=N–C) groups is 1. The summed E-state index contributed by atoms with van der Waals surface area (Å²) in [5, 5.41) is 0.648. The number of ether oxygens (including phenoxy) is 1. The predicted octanol–water partition coefficient (Wildman–Crippen LogP) is 3.85. The first kappa shape index (κ1) is 17.5. The molecule has 1 aromatic carbocycles. The Morgan fingerprint density at radius 3 is 2.74 bits per heavy atom. The van der Waals surface area contributed by atoms with Crippen LogP contribution in [-0.4, -0.2) is 48.5 Å². The van der Waals surface area contributed by atoms with Crippen LogP contribution in [0.3, 0.4) is 0 Å². The third-order valence-electron chi connectivity index (χ3n) is 4.11. The fourth-order valence-electron chi connectivity index (χ4n) is 2.52. The Kier molecular flexibility index (Phi) is 5.44. The number of urea groups is 1. The second-order valence-electron chi connectivity index (χ2n) is 5.60. The molecule has 1 aromatic rings. The van der Waals surface area contributed by atoms with E-state index in [1.165, 1.54) is 4.90 Å². The molecule has 1 atom stereocenters. The molecule has 23 heavy (non-hydrogen) atoms. The van der Waals surface area contributed by atoms with Crippen LogP contribution in [0.4, 0.5) is 4.79 Å². The summed E-state index contributed by atoms with van der Waals surface area (Å²) in [6.45, 7) is 8.66. The molecule has 1 unspecified atom stereocenters. The fraction of sp³-hybridized carbons (Fsp3) is 0.412. The average molecular weight is 336 g/mol. The number of rotatable bonds is 4. The predicted molar refractivity (Wildman–Crippen MR) is 93.5 cm³/mol. The van der Waals surface area contributed by atoms with Crippen molar-refractivity contribution in [3.63, 3.8) is 0 Å². The van der Waals surface area contributed by atoms with Crippen LogP contribution in [0.1, 0.15) is 25.8 Å². The van der Waals surface area contributed by atoms with Gasteiger partial charge in [0.05, 0.1) is 12.3 Å². The molecule has 0 saturated carbocycles. The van der Waals surface area contributed by atoms with Crippen LogP contribution >= 0.6 is 11.6 Å². The number of carbonyl (C=O) groups is 1. The molecule has 0 aliphatic carbocycles. The van der Waals surface area contributed by atoms with Gasteiger partial charge in [0, 0.05) is 30.4 Å². The lowest BCUT2D eigenvalue weighted by Gasteiger charge is -2.34. The number of hydrogen-bond donors (Lipinski definition) is 0. The molecule has 0 bridgehead atoms. The molecule has 0 spiro atoms. The highest BCUT2D eigenvalue weighted by molar-refractivity contribution is 6.30. The normalized spacial score (nSPS) is 21.4. The maximum atomic E-state index is 12.7.